The van der Waals surface area contributed by atoms with Gasteiger partial charge >= 0.3 is 0 Å². The summed E-state index contributed by atoms with van der Waals surface area (Å²) in [6, 6.07) is 8.55. The largest absolute Gasteiger partial charge is 0.497 e. The maximum Gasteiger partial charge on any atom is 0.193 e. The second kappa shape index (κ2) is 11.9. The highest BCUT2D eigenvalue weighted by Crippen LogP contribution is 2.28. The van der Waals surface area contributed by atoms with Gasteiger partial charge in [-0.25, -0.2) is 0 Å². The van der Waals surface area contributed by atoms with Crippen LogP contribution < -0.4 is 10.1 Å². The van der Waals surface area contributed by atoms with Gasteiger partial charge in [0.1, 0.15) is 5.75 Å². The molecule has 2 aliphatic rings. The highest BCUT2D eigenvalue weighted by molar-refractivity contribution is 14.0. The van der Waals surface area contributed by atoms with Crippen LogP contribution in [-0.2, 0) is 0 Å². The quantitative estimate of drug-likeness (QED) is 0.351. The summed E-state index contributed by atoms with van der Waals surface area (Å²) in [5.41, 5.74) is 1.40. The van der Waals surface area contributed by atoms with E-state index >= 15 is 0 Å². The lowest BCUT2D eigenvalue weighted by molar-refractivity contribution is 0.326. The van der Waals surface area contributed by atoms with Gasteiger partial charge in [-0.2, -0.15) is 0 Å². The number of nitrogens with zero attached hydrogens (tertiary/aromatic N) is 3. The number of ether oxygens (including phenoxy) is 1. The van der Waals surface area contributed by atoms with Gasteiger partial charge in [-0.3, -0.25) is 4.99 Å². The van der Waals surface area contributed by atoms with Gasteiger partial charge < -0.3 is 19.9 Å². The topological polar surface area (TPSA) is 40.1 Å². The summed E-state index contributed by atoms with van der Waals surface area (Å²) in [7, 11) is 1.72. The summed E-state index contributed by atoms with van der Waals surface area (Å²) in [5, 5.41) is 3.52. The van der Waals surface area contributed by atoms with E-state index in [1.54, 1.807) is 7.11 Å². The third kappa shape index (κ3) is 6.24. The molecule has 2 heterocycles. The van der Waals surface area contributed by atoms with E-state index in [0.29, 0.717) is 11.8 Å². The number of rotatable bonds is 7. The molecule has 1 aromatic rings. The number of hydrogen-bond acceptors (Lipinski definition) is 3. The third-order valence-corrected chi connectivity index (χ3v) is 5.82. The van der Waals surface area contributed by atoms with Crippen molar-refractivity contribution in [2.45, 2.75) is 39.0 Å². The van der Waals surface area contributed by atoms with Crippen molar-refractivity contribution in [1.82, 2.24) is 15.1 Å². The lowest BCUT2D eigenvalue weighted by Crippen LogP contribution is -2.40. The SMILES string of the molecule is CCCN1CCC(CN=C(NCC)N2CCC(c3ccc(OC)cc3)C2)C1.I. The predicted octanol–water partition coefficient (Wildman–Crippen LogP) is 3.80. The summed E-state index contributed by atoms with van der Waals surface area (Å²) in [4.78, 5) is 10.0. The van der Waals surface area contributed by atoms with Crippen LogP contribution in [0.25, 0.3) is 0 Å². The first-order valence-electron chi connectivity index (χ1n) is 10.6. The number of halogens is 1. The zero-order valence-electron chi connectivity index (χ0n) is 17.7. The lowest BCUT2D eigenvalue weighted by Gasteiger charge is -2.22. The summed E-state index contributed by atoms with van der Waals surface area (Å²) in [6.45, 7) is 12.1. The number of guanidine groups is 1. The number of aliphatic imine (C=N–C) groups is 1. The molecule has 158 valence electrons. The molecule has 0 aliphatic carbocycles. The third-order valence-electron chi connectivity index (χ3n) is 5.82. The predicted molar refractivity (Wildman–Crippen MR) is 128 cm³/mol. The summed E-state index contributed by atoms with van der Waals surface area (Å²) in [5.74, 6) is 3.32. The van der Waals surface area contributed by atoms with Crippen molar-refractivity contribution in [1.29, 1.82) is 0 Å². The number of benzene rings is 1. The lowest BCUT2D eigenvalue weighted by atomic mass is 9.98. The molecular formula is C22H37IN4O. The standard InChI is InChI=1S/C22H36N4O.HI/c1-4-12-25-13-10-18(16-25)15-24-22(23-5-2)26-14-11-20(17-26)19-6-8-21(27-3)9-7-19;/h6-9,18,20H,4-5,10-17H2,1-3H3,(H,23,24);1H. The van der Waals surface area contributed by atoms with E-state index in [1.165, 1.54) is 44.5 Å². The van der Waals surface area contributed by atoms with Crippen molar-refractivity contribution in [2.24, 2.45) is 10.9 Å². The molecule has 2 atom stereocenters. The normalized spacial score (nSPS) is 23.0. The molecule has 2 fully saturated rings. The van der Waals surface area contributed by atoms with Gasteiger partial charge in [0.2, 0.25) is 0 Å². The molecule has 0 spiro atoms. The van der Waals surface area contributed by atoms with E-state index in [4.69, 9.17) is 9.73 Å². The van der Waals surface area contributed by atoms with Gasteiger partial charge in [0.05, 0.1) is 7.11 Å². The van der Waals surface area contributed by atoms with Crippen LogP contribution >= 0.6 is 24.0 Å². The fraction of sp³-hybridized carbons (Fsp3) is 0.682. The van der Waals surface area contributed by atoms with Gasteiger partial charge in [0, 0.05) is 38.6 Å². The monoisotopic (exact) mass is 500 g/mol. The van der Waals surface area contributed by atoms with E-state index in [0.717, 1.165) is 37.9 Å². The maximum absolute atomic E-state index is 5.28. The highest BCUT2D eigenvalue weighted by Gasteiger charge is 2.27. The Morgan fingerprint density at radius 2 is 1.93 bits per heavy atom. The Balaban J connectivity index is 0.00000280. The second-order valence-corrected chi connectivity index (χ2v) is 7.85. The minimum atomic E-state index is 0. The molecule has 2 aliphatic heterocycles. The number of likely N-dealkylation sites (tertiary alicyclic amines) is 2. The molecule has 0 bridgehead atoms. The van der Waals surface area contributed by atoms with Crippen molar-refractivity contribution in [2.75, 3.05) is 52.9 Å². The van der Waals surface area contributed by atoms with E-state index in [1.807, 2.05) is 0 Å². The van der Waals surface area contributed by atoms with E-state index < -0.39 is 0 Å². The van der Waals surface area contributed by atoms with E-state index in [2.05, 4.69) is 53.2 Å². The first kappa shape index (κ1) is 23.3. The van der Waals surface area contributed by atoms with Crippen LogP contribution in [0.1, 0.15) is 44.6 Å². The van der Waals surface area contributed by atoms with Gasteiger partial charge in [-0.15, -0.1) is 24.0 Å². The molecule has 1 aromatic carbocycles. The fourth-order valence-electron chi connectivity index (χ4n) is 4.32. The summed E-state index contributed by atoms with van der Waals surface area (Å²) >= 11 is 0. The average Bonchev–Trinajstić information content (AvgIpc) is 3.35. The first-order chi connectivity index (χ1) is 13.2. The molecule has 28 heavy (non-hydrogen) atoms. The molecular weight excluding hydrogens is 463 g/mol. The van der Waals surface area contributed by atoms with Crippen LogP contribution in [0.5, 0.6) is 5.75 Å². The molecule has 0 amide bonds. The van der Waals surface area contributed by atoms with Crippen molar-refractivity contribution < 1.29 is 4.74 Å². The first-order valence-corrected chi connectivity index (χ1v) is 10.6. The van der Waals surface area contributed by atoms with Gasteiger partial charge in [-0.05, 0) is 62.9 Å². The molecule has 0 radical (unpaired) electrons. The summed E-state index contributed by atoms with van der Waals surface area (Å²) in [6.07, 6.45) is 3.72. The van der Waals surface area contributed by atoms with Crippen molar-refractivity contribution in [3.05, 3.63) is 29.8 Å². The maximum atomic E-state index is 5.28. The Hall–Kier alpha value is -1.02. The second-order valence-electron chi connectivity index (χ2n) is 7.85. The average molecular weight is 500 g/mol. The smallest absolute Gasteiger partial charge is 0.193 e. The van der Waals surface area contributed by atoms with Crippen LogP contribution in [0.2, 0.25) is 0 Å². The Morgan fingerprint density at radius 1 is 1.14 bits per heavy atom. The molecule has 2 saturated heterocycles. The minimum Gasteiger partial charge on any atom is -0.497 e. The Kier molecular flexibility index (Phi) is 9.85. The van der Waals surface area contributed by atoms with Gasteiger partial charge in [0.25, 0.3) is 0 Å². The molecule has 6 heteroatoms. The summed E-state index contributed by atoms with van der Waals surface area (Å²) < 4.78 is 5.28. The van der Waals surface area contributed by atoms with Crippen molar-refractivity contribution in [3.63, 3.8) is 0 Å². The van der Waals surface area contributed by atoms with E-state index in [-0.39, 0.29) is 24.0 Å². The number of methoxy groups -OCH3 is 1. The number of hydrogen-bond donors (Lipinski definition) is 1. The molecule has 3 rings (SSSR count). The van der Waals surface area contributed by atoms with Gasteiger partial charge in [-0.1, -0.05) is 19.1 Å². The Bertz CT molecular complexity index is 607. The molecule has 0 saturated carbocycles. The Labute approximate surface area is 187 Å². The highest BCUT2D eigenvalue weighted by atomic mass is 127. The van der Waals surface area contributed by atoms with Gasteiger partial charge in [0.15, 0.2) is 5.96 Å². The van der Waals surface area contributed by atoms with Crippen molar-refractivity contribution >= 4 is 29.9 Å². The zero-order chi connectivity index (χ0) is 19.1. The Morgan fingerprint density at radius 3 is 2.61 bits per heavy atom. The zero-order valence-corrected chi connectivity index (χ0v) is 20.0. The minimum absolute atomic E-state index is 0. The van der Waals surface area contributed by atoms with Crippen LogP contribution in [0.3, 0.4) is 0 Å². The number of nitrogens with one attached hydrogen (secondary N) is 1. The molecule has 5 nitrogen and oxygen atoms in total. The van der Waals surface area contributed by atoms with E-state index in [9.17, 15) is 0 Å². The fourth-order valence-corrected chi connectivity index (χ4v) is 4.32. The molecule has 1 N–H and O–H groups in total. The van der Waals surface area contributed by atoms with Crippen molar-refractivity contribution in [3.8, 4) is 5.75 Å². The molecule has 0 aromatic heterocycles. The van der Waals surface area contributed by atoms with Crippen LogP contribution in [-0.4, -0.2) is 68.7 Å². The van der Waals surface area contributed by atoms with Crippen LogP contribution in [0, 0.1) is 5.92 Å². The van der Waals surface area contributed by atoms with Crippen LogP contribution in [0.4, 0.5) is 0 Å². The molecule has 2 unspecified atom stereocenters. The van der Waals surface area contributed by atoms with Crippen LogP contribution in [0.15, 0.2) is 29.3 Å².